The Morgan fingerprint density at radius 2 is 1.94 bits per heavy atom. The standard InChI is InChI=1S/C16H26N2/c1-13(14-7-11-17-12-8-14)18-15-5-4-9-16(2,3)10-6-15/h7-8,11-13,15,18H,4-6,9-10H2,1-3H3. The maximum atomic E-state index is 4.08. The van der Waals surface area contributed by atoms with E-state index < -0.39 is 0 Å². The van der Waals surface area contributed by atoms with Crippen molar-refractivity contribution in [3.05, 3.63) is 30.1 Å². The molecule has 1 aliphatic carbocycles. The van der Waals surface area contributed by atoms with E-state index in [9.17, 15) is 0 Å². The summed E-state index contributed by atoms with van der Waals surface area (Å²) in [6, 6.07) is 5.32. The van der Waals surface area contributed by atoms with Crippen molar-refractivity contribution in [1.29, 1.82) is 0 Å². The van der Waals surface area contributed by atoms with Crippen LogP contribution < -0.4 is 5.32 Å². The fourth-order valence-corrected chi connectivity index (χ4v) is 2.93. The van der Waals surface area contributed by atoms with Gasteiger partial charge in [0.1, 0.15) is 0 Å². The minimum absolute atomic E-state index is 0.430. The molecule has 0 saturated heterocycles. The van der Waals surface area contributed by atoms with Crippen molar-refractivity contribution in [2.24, 2.45) is 5.41 Å². The highest BCUT2D eigenvalue weighted by atomic mass is 14.9. The molecule has 1 N–H and O–H groups in total. The van der Waals surface area contributed by atoms with Crippen LogP contribution in [0.1, 0.15) is 64.5 Å². The van der Waals surface area contributed by atoms with Crippen LogP contribution in [-0.4, -0.2) is 11.0 Å². The quantitative estimate of drug-likeness (QED) is 0.812. The SMILES string of the molecule is CC(NC1CCCC(C)(C)CC1)c1ccncc1. The summed E-state index contributed by atoms with van der Waals surface area (Å²) in [4.78, 5) is 4.08. The molecule has 1 aliphatic rings. The summed E-state index contributed by atoms with van der Waals surface area (Å²) in [6.07, 6.45) is 10.4. The summed E-state index contributed by atoms with van der Waals surface area (Å²) in [7, 11) is 0. The lowest BCUT2D eigenvalue weighted by molar-refractivity contribution is 0.307. The molecule has 2 nitrogen and oxygen atoms in total. The van der Waals surface area contributed by atoms with Crippen LogP contribution in [0.3, 0.4) is 0 Å². The van der Waals surface area contributed by atoms with Crippen molar-refractivity contribution in [3.8, 4) is 0 Å². The monoisotopic (exact) mass is 246 g/mol. The van der Waals surface area contributed by atoms with Gasteiger partial charge in [0.15, 0.2) is 0 Å². The van der Waals surface area contributed by atoms with E-state index in [4.69, 9.17) is 0 Å². The predicted molar refractivity (Wildman–Crippen MR) is 76.4 cm³/mol. The Morgan fingerprint density at radius 1 is 1.22 bits per heavy atom. The molecule has 0 aromatic carbocycles. The van der Waals surface area contributed by atoms with Gasteiger partial charge in [-0.15, -0.1) is 0 Å². The zero-order valence-electron chi connectivity index (χ0n) is 11.9. The normalized spacial score (nSPS) is 25.4. The largest absolute Gasteiger partial charge is 0.307 e. The van der Waals surface area contributed by atoms with Gasteiger partial charge in [-0.1, -0.05) is 20.3 Å². The summed E-state index contributed by atoms with van der Waals surface area (Å²) in [5.41, 5.74) is 1.88. The summed E-state index contributed by atoms with van der Waals surface area (Å²) in [5, 5.41) is 3.79. The second kappa shape index (κ2) is 5.83. The fraction of sp³-hybridized carbons (Fsp3) is 0.688. The van der Waals surface area contributed by atoms with Gasteiger partial charge in [-0.25, -0.2) is 0 Å². The highest BCUT2D eigenvalue weighted by molar-refractivity contribution is 5.14. The maximum Gasteiger partial charge on any atom is 0.0295 e. The lowest BCUT2D eigenvalue weighted by Crippen LogP contribution is -2.31. The summed E-state index contributed by atoms with van der Waals surface area (Å²) in [6.45, 7) is 7.06. The van der Waals surface area contributed by atoms with Gasteiger partial charge in [0, 0.05) is 24.5 Å². The number of nitrogens with one attached hydrogen (secondary N) is 1. The highest BCUT2D eigenvalue weighted by Crippen LogP contribution is 2.34. The Labute approximate surface area is 111 Å². The molecule has 0 aliphatic heterocycles. The average Bonchev–Trinajstić information content (AvgIpc) is 2.52. The molecule has 0 spiro atoms. The second-order valence-electron chi connectivity index (χ2n) is 6.46. The van der Waals surface area contributed by atoms with Gasteiger partial charge in [0.2, 0.25) is 0 Å². The van der Waals surface area contributed by atoms with Crippen LogP contribution in [0.15, 0.2) is 24.5 Å². The molecule has 2 rings (SSSR count). The van der Waals surface area contributed by atoms with Gasteiger partial charge in [-0.2, -0.15) is 0 Å². The van der Waals surface area contributed by atoms with E-state index in [1.54, 1.807) is 0 Å². The van der Waals surface area contributed by atoms with Gasteiger partial charge < -0.3 is 5.32 Å². The van der Waals surface area contributed by atoms with E-state index in [-0.39, 0.29) is 0 Å². The third kappa shape index (κ3) is 3.81. The molecule has 0 bridgehead atoms. The van der Waals surface area contributed by atoms with Crippen molar-refractivity contribution in [2.75, 3.05) is 0 Å². The van der Waals surface area contributed by atoms with E-state index in [0.29, 0.717) is 17.5 Å². The first kappa shape index (κ1) is 13.5. The molecule has 1 saturated carbocycles. The summed E-state index contributed by atoms with van der Waals surface area (Å²) < 4.78 is 0. The molecule has 1 fully saturated rings. The van der Waals surface area contributed by atoms with E-state index in [1.165, 1.54) is 37.7 Å². The first-order valence-corrected chi connectivity index (χ1v) is 7.23. The molecule has 2 heteroatoms. The Morgan fingerprint density at radius 3 is 2.67 bits per heavy atom. The number of aromatic nitrogens is 1. The third-order valence-corrected chi connectivity index (χ3v) is 4.27. The molecular weight excluding hydrogens is 220 g/mol. The number of hydrogen-bond acceptors (Lipinski definition) is 2. The van der Waals surface area contributed by atoms with E-state index in [0.717, 1.165) is 0 Å². The van der Waals surface area contributed by atoms with Gasteiger partial charge in [-0.05, 0) is 55.7 Å². The molecule has 1 heterocycles. The van der Waals surface area contributed by atoms with E-state index in [1.807, 2.05) is 12.4 Å². The topological polar surface area (TPSA) is 24.9 Å². The Bertz CT molecular complexity index is 359. The summed E-state index contributed by atoms with van der Waals surface area (Å²) >= 11 is 0. The molecule has 0 radical (unpaired) electrons. The van der Waals surface area contributed by atoms with E-state index >= 15 is 0 Å². The lowest BCUT2D eigenvalue weighted by Gasteiger charge is -2.24. The predicted octanol–water partition coefficient (Wildman–Crippen LogP) is 4.09. The minimum atomic E-state index is 0.430. The van der Waals surface area contributed by atoms with E-state index in [2.05, 4.69) is 43.2 Å². The lowest BCUT2D eigenvalue weighted by atomic mass is 9.85. The Hall–Kier alpha value is -0.890. The molecule has 2 unspecified atom stereocenters. The minimum Gasteiger partial charge on any atom is -0.307 e. The van der Waals surface area contributed by atoms with Crippen LogP contribution in [0.2, 0.25) is 0 Å². The molecule has 18 heavy (non-hydrogen) atoms. The van der Waals surface area contributed by atoms with Crippen LogP contribution in [0, 0.1) is 5.41 Å². The smallest absolute Gasteiger partial charge is 0.0295 e. The van der Waals surface area contributed by atoms with Gasteiger partial charge in [0.05, 0.1) is 0 Å². The Kier molecular flexibility index (Phi) is 4.39. The third-order valence-electron chi connectivity index (χ3n) is 4.27. The molecular formula is C16H26N2. The fourth-order valence-electron chi connectivity index (χ4n) is 2.93. The zero-order valence-corrected chi connectivity index (χ0v) is 11.9. The van der Waals surface area contributed by atoms with Crippen LogP contribution in [0.25, 0.3) is 0 Å². The maximum absolute atomic E-state index is 4.08. The highest BCUT2D eigenvalue weighted by Gasteiger charge is 2.24. The van der Waals surface area contributed by atoms with Crippen LogP contribution in [-0.2, 0) is 0 Å². The summed E-state index contributed by atoms with van der Waals surface area (Å²) in [5.74, 6) is 0. The van der Waals surface area contributed by atoms with Gasteiger partial charge >= 0.3 is 0 Å². The van der Waals surface area contributed by atoms with Crippen LogP contribution in [0.5, 0.6) is 0 Å². The average molecular weight is 246 g/mol. The number of nitrogens with zero attached hydrogens (tertiary/aromatic N) is 1. The first-order chi connectivity index (χ1) is 8.57. The van der Waals surface area contributed by atoms with Crippen molar-refractivity contribution in [3.63, 3.8) is 0 Å². The molecule has 2 atom stereocenters. The van der Waals surface area contributed by atoms with Crippen molar-refractivity contribution >= 4 is 0 Å². The zero-order chi connectivity index (χ0) is 13.0. The van der Waals surface area contributed by atoms with Crippen molar-refractivity contribution in [1.82, 2.24) is 10.3 Å². The molecule has 100 valence electrons. The van der Waals surface area contributed by atoms with Gasteiger partial charge in [0.25, 0.3) is 0 Å². The number of rotatable bonds is 3. The van der Waals surface area contributed by atoms with Crippen LogP contribution in [0.4, 0.5) is 0 Å². The van der Waals surface area contributed by atoms with Gasteiger partial charge in [-0.3, -0.25) is 4.98 Å². The first-order valence-electron chi connectivity index (χ1n) is 7.23. The second-order valence-corrected chi connectivity index (χ2v) is 6.46. The number of hydrogen-bond donors (Lipinski definition) is 1. The molecule has 1 aromatic heterocycles. The molecule has 1 aromatic rings. The van der Waals surface area contributed by atoms with Crippen molar-refractivity contribution < 1.29 is 0 Å². The van der Waals surface area contributed by atoms with Crippen LogP contribution >= 0.6 is 0 Å². The number of pyridine rings is 1. The Balaban J connectivity index is 1.90. The molecule has 0 amide bonds. The van der Waals surface area contributed by atoms with Crippen molar-refractivity contribution in [2.45, 2.75) is 65.0 Å².